The predicted octanol–water partition coefficient (Wildman–Crippen LogP) is 2.46. The van der Waals surface area contributed by atoms with Crippen LogP contribution in [0.4, 0.5) is 0 Å². The Balaban J connectivity index is 4.71. The van der Waals surface area contributed by atoms with Crippen LogP contribution in [0.3, 0.4) is 0 Å². The van der Waals surface area contributed by atoms with Gasteiger partial charge in [0.25, 0.3) is 0 Å². The summed E-state index contributed by atoms with van der Waals surface area (Å²) in [5, 5.41) is 8.96. The van der Waals surface area contributed by atoms with E-state index in [1.807, 2.05) is 26.8 Å². The number of nitriles is 1. The molecule has 0 N–H and O–H groups in total. The lowest BCUT2D eigenvalue weighted by Gasteiger charge is -2.12. The number of ether oxygens (including phenoxy) is 1. The number of hydrogen-bond acceptors (Lipinski definition) is 3. The second-order valence-electron chi connectivity index (χ2n) is 3.53. The molecule has 0 bridgehead atoms. The van der Waals surface area contributed by atoms with E-state index < -0.39 is 0 Å². The van der Waals surface area contributed by atoms with Crippen molar-refractivity contribution >= 4 is 17.3 Å². The molecule has 0 fully saturated rings. The van der Waals surface area contributed by atoms with Crippen LogP contribution >= 0.6 is 12.2 Å². The monoisotopic (exact) mass is 183 g/mol. The number of rotatable bonds is 1. The van der Waals surface area contributed by atoms with Gasteiger partial charge in [0.15, 0.2) is 0 Å². The van der Waals surface area contributed by atoms with Crippen molar-refractivity contribution in [2.45, 2.75) is 20.8 Å². The van der Waals surface area contributed by atoms with Crippen molar-refractivity contribution in [2.24, 2.45) is 5.41 Å². The summed E-state index contributed by atoms with van der Waals surface area (Å²) in [5.41, 5.74) is 0.383. The number of methoxy groups -OCH3 is 1. The standard InChI is InChI=1S/C9H13NOS/c1-9(2,3)5-7(6-10)8(12)11-4/h5H,1-4H3/b7-5+. The quantitative estimate of drug-likeness (QED) is 0.355. The van der Waals surface area contributed by atoms with Crippen LogP contribution in [0, 0.1) is 16.7 Å². The van der Waals surface area contributed by atoms with Crippen LogP contribution in [0.25, 0.3) is 0 Å². The SMILES string of the molecule is COC(=S)/C(C#N)=C/C(C)(C)C. The van der Waals surface area contributed by atoms with Gasteiger partial charge in [-0.1, -0.05) is 26.8 Å². The van der Waals surface area contributed by atoms with Crippen LogP contribution in [0.15, 0.2) is 11.6 Å². The smallest absolute Gasteiger partial charge is 0.201 e. The molecule has 0 amide bonds. The zero-order chi connectivity index (χ0) is 9.78. The van der Waals surface area contributed by atoms with E-state index in [0.717, 1.165) is 0 Å². The summed E-state index contributed by atoms with van der Waals surface area (Å²) in [6.45, 7) is 6.01. The number of thiocarbonyl (C=S) groups is 1. The van der Waals surface area contributed by atoms with Crippen LogP contribution in [0.5, 0.6) is 0 Å². The first-order valence-electron chi connectivity index (χ1n) is 3.62. The minimum Gasteiger partial charge on any atom is -0.486 e. The fourth-order valence-corrected chi connectivity index (χ4v) is 0.784. The molecular weight excluding hydrogens is 170 g/mol. The van der Waals surface area contributed by atoms with Gasteiger partial charge in [0.2, 0.25) is 5.05 Å². The minimum absolute atomic E-state index is 0.0480. The van der Waals surface area contributed by atoms with Gasteiger partial charge < -0.3 is 4.74 Å². The first-order chi connectivity index (χ1) is 5.40. The lowest BCUT2D eigenvalue weighted by molar-refractivity contribution is 0.414. The predicted molar refractivity (Wildman–Crippen MR) is 52.8 cm³/mol. The first-order valence-corrected chi connectivity index (χ1v) is 4.03. The van der Waals surface area contributed by atoms with Crippen molar-refractivity contribution in [1.29, 1.82) is 5.26 Å². The molecule has 12 heavy (non-hydrogen) atoms. The van der Waals surface area contributed by atoms with Crippen molar-refractivity contribution in [1.82, 2.24) is 0 Å². The van der Waals surface area contributed by atoms with Crippen molar-refractivity contribution in [3.63, 3.8) is 0 Å². The van der Waals surface area contributed by atoms with Gasteiger partial charge in [0.05, 0.1) is 7.11 Å². The van der Waals surface area contributed by atoms with Gasteiger partial charge in [-0.05, 0) is 17.6 Å². The van der Waals surface area contributed by atoms with E-state index in [1.54, 1.807) is 6.08 Å². The molecule has 0 heterocycles. The molecule has 0 spiro atoms. The van der Waals surface area contributed by atoms with Gasteiger partial charge in [-0.15, -0.1) is 0 Å². The van der Waals surface area contributed by atoms with Gasteiger partial charge in [-0.2, -0.15) is 5.26 Å². The summed E-state index contributed by atoms with van der Waals surface area (Å²) < 4.78 is 4.79. The fourth-order valence-electron chi connectivity index (χ4n) is 0.680. The third kappa shape index (κ3) is 4.09. The number of hydrogen-bond donors (Lipinski definition) is 0. The Morgan fingerprint density at radius 2 is 2.00 bits per heavy atom. The highest BCUT2D eigenvalue weighted by atomic mass is 32.1. The lowest BCUT2D eigenvalue weighted by Crippen LogP contribution is -2.07. The summed E-state index contributed by atoms with van der Waals surface area (Å²) in [5.74, 6) is 0. The van der Waals surface area contributed by atoms with Crippen molar-refractivity contribution in [3.8, 4) is 6.07 Å². The molecule has 0 saturated carbocycles. The molecule has 0 aromatic carbocycles. The van der Waals surface area contributed by atoms with E-state index in [-0.39, 0.29) is 10.5 Å². The van der Waals surface area contributed by atoms with Crippen molar-refractivity contribution in [2.75, 3.05) is 7.11 Å². The molecule has 0 aliphatic rings. The highest BCUT2D eigenvalue weighted by Crippen LogP contribution is 2.18. The normalized spacial score (nSPS) is 12.1. The van der Waals surface area contributed by atoms with Crippen LogP contribution in [0.2, 0.25) is 0 Å². The second-order valence-corrected chi connectivity index (χ2v) is 3.90. The molecule has 0 radical (unpaired) electrons. The van der Waals surface area contributed by atoms with Gasteiger partial charge in [-0.25, -0.2) is 0 Å². The Hall–Kier alpha value is -0.880. The third-order valence-electron chi connectivity index (χ3n) is 1.10. The molecule has 66 valence electrons. The average Bonchev–Trinajstić information content (AvgIpc) is 1.97. The maximum atomic E-state index is 8.71. The van der Waals surface area contributed by atoms with Gasteiger partial charge in [0, 0.05) is 0 Å². The van der Waals surface area contributed by atoms with Gasteiger partial charge in [0.1, 0.15) is 11.6 Å². The molecule has 0 aromatic heterocycles. The van der Waals surface area contributed by atoms with E-state index in [4.69, 9.17) is 22.2 Å². The summed E-state index contributed by atoms with van der Waals surface area (Å²) >= 11 is 4.83. The summed E-state index contributed by atoms with van der Waals surface area (Å²) in [6, 6.07) is 2.00. The maximum absolute atomic E-state index is 8.71. The van der Waals surface area contributed by atoms with Crippen LogP contribution in [0.1, 0.15) is 20.8 Å². The van der Waals surface area contributed by atoms with E-state index >= 15 is 0 Å². The molecule has 0 rings (SSSR count). The summed E-state index contributed by atoms with van der Waals surface area (Å²) in [6.07, 6.45) is 1.80. The maximum Gasteiger partial charge on any atom is 0.201 e. The zero-order valence-electron chi connectivity index (χ0n) is 7.84. The van der Waals surface area contributed by atoms with E-state index in [2.05, 4.69) is 0 Å². The molecule has 0 atom stereocenters. The molecule has 3 heteroatoms. The molecule has 0 saturated heterocycles. The molecule has 0 aliphatic carbocycles. The van der Waals surface area contributed by atoms with Gasteiger partial charge in [-0.3, -0.25) is 0 Å². The van der Waals surface area contributed by atoms with Crippen LogP contribution in [-0.2, 0) is 4.74 Å². The Bertz CT molecular complexity index is 242. The molecular formula is C9H13NOS. The van der Waals surface area contributed by atoms with Crippen LogP contribution < -0.4 is 0 Å². The van der Waals surface area contributed by atoms with Gasteiger partial charge >= 0.3 is 0 Å². The molecule has 0 aromatic rings. The number of nitrogens with zero attached hydrogens (tertiary/aromatic N) is 1. The minimum atomic E-state index is -0.0480. The molecule has 0 unspecified atom stereocenters. The number of allylic oxidation sites excluding steroid dienone is 1. The lowest BCUT2D eigenvalue weighted by atomic mass is 9.94. The fraction of sp³-hybridized carbons (Fsp3) is 0.556. The molecule has 2 nitrogen and oxygen atoms in total. The second kappa shape index (κ2) is 4.22. The summed E-state index contributed by atoms with van der Waals surface area (Å²) in [7, 11) is 1.47. The summed E-state index contributed by atoms with van der Waals surface area (Å²) in [4.78, 5) is 0. The van der Waals surface area contributed by atoms with Crippen molar-refractivity contribution < 1.29 is 4.74 Å². The molecule has 0 aliphatic heterocycles. The van der Waals surface area contributed by atoms with Crippen molar-refractivity contribution in [3.05, 3.63) is 11.6 Å². The Labute approximate surface area is 78.8 Å². The largest absolute Gasteiger partial charge is 0.486 e. The van der Waals surface area contributed by atoms with E-state index in [0.29, 0.717) is 5.57 Å². The van der Waals surface area contributed by atoms with E-state index in [9.17, 15) is 0 Å². The topological polar surface area (TPSA) is 33.0 Å². The zero-order valence-corrected chi connectivity index (χ0v) is 8.66. The highest BCUT2D eigenvalue weighted by molar-refractivity contribution is 7.80. The first kappa shape index (κ1) is 11.1. The Morgan fingerprint density at radius 3 is 2.25 bits per heavy atom. The Morgan fingerprint density at radius 1 is 1.50 bits per heavy atom. The highest BCUT2D eigenvalue weighted by Gasteiger charge is 2.11. The van der Waals surface area contributed by atoms with Crippen LogP contribution in [-0.4, -0.2) is 12.2 Å². The van der Waals surface area contributed by atoms with E-state index in [1.165, 1.54) is 7.11 Å². The third-order valence-corrected chi connectivity index (χ3v) is 1.49. The average molecular weight is 183 g/mol. The Kier molecular flexibility index (Phi) is 3.91.